The van der Waals surface area contributed by atoms with Gasteiger partial charge < -0.3 is 9.47 Å². The first-order valence-corrected chi connectivity index (χ1v) is 4.61. The maximum absolute atomic E-state index is 5.63. The third kappa shape index (κ3) is 1.91. The van der Waals surface area contributed by atoms with Crippen LogP contribution >= 0.6 is 11.6 Å². The summed E-state index contributed by atoms with van der Waals surface area (Å²) in [4.78, 5) is 6.29. The second kappa shape index (κ2) is 4.36. The van der Waals surface area contributed by atoms with Crippen molar-refractivity contribution < 1.29 is 0 Å². The lowest BCUT2D eigenvalue weighted by Crippen LogP contribution is -2.23. The molecule has 0 unspecified atom stereocenters. The van der Waals surface area contributed by atoms with Crippen LogP contribution in [-0.4, -0.2) is 29.0 Å². The van der Waals surface area contributed by atoms with Gasteiger partial charge >= 0.3 is 0 Å². The fourth-order valence-corrected chi connectivity index (χ4v) is 1.37. The summed E-state index contributed by atoms with van der Waals surface area (Å²) in [5, 5.41) is 0. The van der Waals surface area contributed by atoms with Gasteiger partial charge in [-0.1, -0.05) is 0 Å². The second-order valence-electron chi connectivity index (χ2n) is 2.62. The lowest BCUT2D eigenvalue weighted by molar-refractivity contribution is 0.734. The number of aryl methyl sites for hydroxylation is 1. The molecule has 0 bridgehead atoms. The third-order valence-electron chi connectivity index (χ3n) is 1.80. The van der Waals surface area contributed by atoms with Gasteiger partial charge in [0.15, 0.2) is 0 Å². The summed E-state index contributed by atoms with van der Waals surface area (Å²) in [5.41, 5.74) is 0. The summed E-state index contributed by atoms with van der Waals surface area (Å²) in [6, 6.07) is 0. The van der Waals surface area contributed by atoms with Crippen molar-refractivity contribution in [3.05, 3.63) is 12.4 Å². The first-order valence-electron chi connectivity index (χ1n) is 4.07. The Bertz CT molecular complexity index is 234. The Kier molecular flexibility index (Phi) is 3.41. The molecule has 0 fully saturated rings. The number of halogens is 1. The smallest absolute Gasteiger partial charge is 0.205 e. The predicted octanol–water partition coefficient (Wildman–Crippen LogP) is 1.58. The van der Waals surface area contributed by atoms with E-state index in [2.05, 4.69) is 21.4 Å². The fourth-order valence-electron chi connectivity index (χ4n) is 1.11. The Hall–Kier alpha value is -0.700. The molecule has 0 aliphatic carbocycles. The van der Waals surface area contributed by atoms with Gasteiger partial charge in [0, 0.05) is 38.4 Å². The van der Waals surface area contributed by atoms with Crippen LogP contribution in [0.4, 0.5) is 5.95 Å². The van der Waals surface area contributed by atoms with Crippen molar-refractivity contribution in [2.75, 3.05) is 24.4 Å². The summed E-state index contributed by atoms with van der Waals surface area (Å²) in [7, 11) is 2.00. The lowest BCUT2D eigenvalue weighted by atomic mass is 10.6. The van der Waals surface area contributed by atoms with E-state index in [9.17, 15) is 0 Å². The van der Waals surface area contributed by atoms with Gasteiger partial charge in [-0.25, -0.2) is 4.98 Å². The number of alkyl halides is 1. The van der Waals surface area contributed by atoms with Crippen LogP contribution in [0, 0.1) is 0 Å². The number of nitrogens with zero attached hydrogens (tertiary/aromatic N) is 3. The lowest BCUT2D eigenvalue weighted by Gasteiger charge is -2.17. The van der Waals surface area contributed by atoms with Gasteiger partial charge in [-0.05, 0) is 6.92 Å². The van der Waals surface area contributed by atoms with E-state index >= 15 is 0 Å². The highest BCUT2D eigenvalue weighted by atomic mass is 35.5. The monoisotopic (exact) mass is 187 g/mol. The van der Waals surface area contributed by atoms with E-state index in [-0.39, 0.29) is 0 Å². The van der Waals surface area contributed by atoms with Crippen molar-refractivity contribution in [3.63, 3.8) is 0 Å². The number of hydrogen-bond donors (Lipinski definition) is 0. The topological polar surface area (TPSA) is 21.1 Å². The molecule has 0 spiro atoms. The molecule has 0 atom stereocenters. The third-order valence-corrected chi connectivity index (χ3v) is 1.96. The molecule has 4 heteroatoms. The molecule has 0 N–H and O–H groups in total. The number of anilines is 1. The van der Waals surface area contributed by atoms with E-state index in [4.69, 9.17) is 11.6 Å². The first kappa shape index (κ1) is 9.39. The van der Waals surface area contributed by atoms with E-state index in [0.29, 0.717) is 5.88 Å². The first-order chi connectivity index (χ1) is 5.79. The zero-order chi connectivity index (χ0) is 8.97. The van der Waals surface area contributed by atoms with Crippen molar-refractivity contribution in [3.8, 4) is 0 Å². The van der Waals surface area contributed by atoms with Crippen LogP contribution in [0.5, 0.6) is 0 Å². The predicted molar refractivity (Wildman–Crippen MR) is 51.9 cm³/mol. The van der Waals surface area contributed by atoms with Crippen LogP contribution in [0.25, 0.3) is 0 Å². The van der Waals surface area contributed by atoms with Crippen LogP contribution in [0.3, 0.4) is 0 Å². The van der Waals surface area contributed by atoms with Gasteiger partial charge in [-0.3, -0.25) is 0 Å². The van der Waals surface area contributed by atoms with Crippen LogP contribution < -0.4 is 4.90 Å². The van der Waals surface area contributed by atoms with Gasteiger partial charge in [-0.15, -0.1) is 11.6 Å². The molecule has 1 heterocycles. The number of imidazole rings is 1. The van der Waals surface area contributed by atoms with E-state index < -0.39 is 0 Å². The molecule has 0 saturated heterocycles. The quantitative estimate of drug-likeness (QED) is 0.668. The van der Waals surface area contributed by atoms with Gasteiger partial charge in [0.25, 0.3) is 0 Å². The maximum Gasteiger partial charge on any atom is 0.205 e. The number of rotatable bonds is 4. The van der Waals surface area contributed by atoms with Crippen LogP contribution in [0.15, 0.2) is 12.4 Å². The summed E-state index contributed by atoms with van der Waals surface area (Å²) in [5.74, 6) is 1.62. The summed E-state index contributed by atoms with van der Waals surface area (Å²) < 4.78 is 2.09. The van der Waals surface area contributed by atoms with Gasteiger partial charge in [-0.2, -0.15) is 0 Å². The molecular weight excluding hydrogens is 174 g/mol. The number of aromatic nitrogens is 2. The average molecular weight is 188 g/mol. The Balaban J connectivity index is 2.71. The average Bonchev–Trinajstić information content (AvgIpc) is 2.51. The molecule has 3 nitrogen and oxygen atoms in total. The van der Waals surface area contributed by atoms with Crippen molar-refractivity contribution in [2.24, 2.45) is 0 Å². The zero-order valence-corrected chi connectivity index (χ0v) is 8.25. The highest BCUT2D eigenvalue weighted by molar-refractivity contribution is 6.18. The van der Waals surface area contributed by atoms with E-state index in [0.717, 1.165) is 19.0 Å². The van der Waals surface area contributed by atoms with Crippen LogP contribution in [0.2, 0.25) is 0 Å². The van der Waals surface area contributed by atoms with Crippen molar-refractivity contribution in [2.45, 2.75) is 13.5 Å². The minimum absolute atomic E-state index is 0.632. The molecule has 0 amide bonds. The van der Waals surface area contributed by atoms with Crippen molar-refractivity contribution in [1.82, 2.24) is 9.55 Å². The molecule has 1 aromatic rings. The molecule has 68 valence electrons. The van der Waals surface area contributed by atoms with E-state index in [1.807, 2.05) is 19.4 Å². The summed E-state index contributed by atoms with van der Waals surface area (Å²) in [6.45, 7) is 3.88. The Morgan fingerprint density at radius 2 is 2.42 bits per heavy atom. The molecule has 1 rings (SSSR count). The highest BCUT2D eigenvalue weighted by Crippen LogP contribution is 2.08. The molecule has 0 aliphatic heterocycles. The number of hydrogen-bond acceptors (Lipinski definition) is 2. The van der Waals surface area contributed by atoms with Gasteiger partial charge in [0.2, 0.25) is 5.95 Å². The Morgan fingerprint density at radius 1 is 1.67 bits per heavy atom. The summed E-state index contributed by atoms with van der Waals surface area (Å²) >= 11 is 5.63. The molecule has 1 aromatic heterocycles. The Labute approximate surface area is 78.0 Å². The fraction of sp³-hybridized carbons (Fsp3) is 0.625. The van der Waals surface area contributed by atoms with Gasteiger partial charge in [0.05, 0.1) is 0 Å². The molecule has 0 aromatic carbocycles. The largest absolute Gasteiger partial charge is 0.344 e. The minimum Gasteiger partial charge on any atom is -0.344 e. The zero-order valence-electron chi connectivity index (χ0n) is 7.50. The molecule has 12 heavy (non-hydrogen) atoms. The van der Waals surface area contributed by atoms with Gasteiger partial charge in [0.1, 0.15) is 0 Å². The van der Waals surface area contributed by atoms with E-state index in [1.54, 1.807) is 0 Å². The molecule has 0 radical (unpaired) electrons. The normalized spacial score (nSPS) is 10.2. The molecule has 0 saturated carbocycles. The van der Waals surface area contributed by atoms with E-state index in [1.165, 1.54) is 0 Å². The minimum atomic E-state index is 0.632. The standard InChI is InChI=1S/C8H14ClN3/c1-3-12-7-5-10-8(12)11(2)6-4-9/h5,7H,3-4,6H2,1-2H3. The highest BCUT2D eigenvalue weighted by Gasteiger charge is 2.05. The molecule has 0 aliphatic rings. The van der Waals surface area contributed by atoms with Crippen molar-refractivity contribution >= 4 is 17.5 Å². The van der Waals surface area contributed by atoms with Crippen LogP contribution in [0.1, 0.15) is 6.92 Å². The molecular formula is C8H14ClN3. The van der Waals surface area contributed by atoms with Crippen LogP contribution in [-0.2, 0) is 6.54 Å². The SMILES string of the molecule is CCn1ccnc1N(C)CCCl. The Morgan fingerprint density at radius 3 is 3.00 bits per heavy atom. The van der Waals surface area contributed by atoms with Crippen molar-refractivity contribution in [1.29, 1.82) is 0 Å². The summed E-state index contributed by atoms with van der Waals surface area (Å²) in [6.07, 6.45) is 3.78. The second-order valence-corrected chi connectivity index (χ2v) is 3.00. The maximum atomic E-state index is 5.63.